The molecule has 0 unspecified atom stereocenters. The van der Waals surface area contributed by atoms with Gasteiger partial charge in [-0.25, -0.2) is 15.0 Å². The van der Waals surface area contributed by atoms with Crippen molar-refractivity contribution in [3.63, 3.8) is 0 Å². The van der Waals surface area contributed by atoms with Crippen LogP contribution in [0.4, 0.5) is 5.82 Å². The first-order valence-corrected chi connectivity index (χ1v) is 12.7. The minimum atomic E-state index is -0.0798. The molecule has 5 rings (SSSR count). The van der Waals surface area contributed by atoms with Crippen LogP contribution in [0.5, 0.6) is 0 Å². The number of aromatic nitrogens is 4. The number of piperidine rings is 1. The molecule has 1 N–H and O–H groups in total. The minimum absolute atomic E-state index is 0.0798. The number of hydrogen-bond donors (Lipinski definition) is 1. The molecule has 9 heteroatoms. The Labute approximate surface area is 195 Å². The maximum absolute atomic E-state index is 12.4. The highest BCUT2D eigenvalue weighted by molar-refractivity contribution is 7.18. The molecule has 0 amide bonds. The third kappa shape index (κ3) is 4.04. The minimum Gasteiger partial charge on any atom is -0.352 e. The Morgan fingerprint density at radius 3 is 2.78 bits per heavy atom. The summed E-state index contributed by atoms with van der Waals surface area (Å²) in [5.41, 5.74) is 1.89. The summed E-state index contributed by atoms with van der Waals surface area (Å²) in [5.74, 6) is 3.22. The number of H-pyrrole nitrogens is 1. The number of thiophene rings is 2. The summed E-state index contributed by atoms with van der Waals surface area (Å²) in [4.78, 5) is 36.8. The molecule has 7 nitrogen and oxygen atoms in total. The van der Waals surface area contributed by atoms with Crippen LogP contribution in [0, 0.1) is 19.8 Å². The van der Waals surface area contributed by atoms with Crippen molar-refractivity contribution in [2.75, 3.05) is 25.0 Å². The second-order valence-electron chi connectivity index (χ2n) is 8.89. The van der Waals surface area contributed by atoms with E-state index in [0.29, 0.717) is 17.1 Å². The molecule has 1 aliphatic heterocycles. The summed E-state index contributed by atoms with van der Waals surface area (Å²) in [6.07, 6.45) is 2.46. The lowest BCUT2D eigenvalue weighted by Crippen LogP contribution is -2.33. The highest BCUT2D eigenvalue weighted by Gasteiger charge is 2.21. The lowest BCUT2D eigenvalue weighted by Gasteiger charge is -2.29. The Morgan fingerprint density at radius 2 is 2.00 bits per heavy atom. The Balaban J connectivity index is 1.49. The third-order valence-corrected chi connectivity index (χ3v) is 8.41. The normalized spacial score (nSPS) is 15.8. The van der Waals surface area contributed by atoms with E-state index in [1.165, 1.54) is 34.6 Å². The summed E-state index contributed by atoms with van der Waals surface area (Å²) < 4.78 is 0.670. The lowest BCUT2D eigenvalue weighted by molar-refractivity contribution is 0.181. The van der Waals surface area contributed by atoms with Gasteiger partial charge in [0.1, 0.15) is 27.0 Å². The van der Waals surface area contributed by atoms with E-state index in [1.54, 1.807) is 11.3 Å². The summed E-state index contributed by atoms with van der Waals surface area (Å²) in [7, 11) is 2.01. The number of fused-ring (bicyclic) bond motifs is 2. The van der Waals surface area contributed by atoms with Gasteiger partial charge in [-0.15, -0.1) is 22.7 Å². The van der Waals surface area contributed by atoms with Crippen molar-refractivity contribution in [1.82, 2.24) is 24.8 Å². The lowest BCUT2D eigenvalue weighted by atomic mass is 9.99. The molecule has 168 valence electrons. The van der Waals surface area contributed by atoms with E-state index in [9.17, 15) is 4.79 Å². The fraction of sp³-hybridized carbons (Fsp3) is 0.478. The molecular formula is C23H28N6OS2. The number of aryl methyl sites for hydroxylation is 2. The Bertz CT molecular complexity index is 1330. The van der Waals surface area contributed by atoms with Crippen LogP contribution in [0.25, 0.3) is 20.4 Å². The summed E-state index contributed by atoms with van der Waals surface area (Å²) in [6, 6.07) is 1.89. The van der Waals surface area contributed by atoms with Crippen molar-refractivity contribution in [2.45, 2.75) is 46.7 Å². The van der Waals surface area contributed by atoms with Crippen LogP contribution in [0.15, 0.2) is 16.2 Å². The van der Waals surface area contributed by atoms with Gasteiger partial charge in [-0.1, -0.05) is 6.92 Å². The van der Waals surface area contributed by atoms with Gasteiger partial charge in [0, 0.05) is 11.9 Å². The van der Waals surface area contributed by atoms with Gasteiger partial charge in [-0.3, -0.25) is 9.69 Å². The first-order valence-electron chi connectivity index (χ1n) is 11.1. The second kappa shape index (κ2) is 8.53. The van der Waals surface area contributed by atoms with Crippen LogP contribution in [0.1, 0.15) is 41.9 Å². The summed E-state index contributed by atoms with van der Waals surface area (Å²) >= 11 is 3.15. The Hall–Kier alpha value is -2.36. The van der Waals surface area contributed by atoms with Crippen molar-refractivity contribution in [1.29, 1.82) is 0 Å². The van der Waals surface area contributed by atoms with E-state index in [4.69, 9.17) is 9.97 Å². The molecule has 4 aromatic rings. The maximum Gasteiger partial charge on any atom is 0.268 e. The van der Waals surface area contributed by atoms with Gasteiger partial charge in [0.2, 0.25) is 0 Å². The zero-order valence-electron chi connectivity index (χ0n) is 18.9. The highest BCUT2D eigenvalue weighted by atomic mass is 32.1. The zero-order valence-corrected chi connectivity index (χ0v) is 20.6. The first kappa shape index (κ1) is 21.5. The molecule has 4 aromatic heterocycles. The van der Waals surface area contributed by atoms with Crippen LogP contribution in [0.2, 0.25) is 0 Å². The quantitative estimate of drug-likeness (QED) is 0.465. The molecule has 0 bridgehead atoms. The third-order valence-electron chi connectivity index (χ3n) is 6.41. The fourth-order valence-electron chi connectivity index (χ4n) is 4.33. The molecule has 0 saturated carbocycles. The van der Waals surface area contributed by atoms with Crippen LogP contribution in [-0.4, -0.2) is 45.0 Å². The average Bonchev–Trinajstić information content (AvgIpc) is 3.34. The number of nitrogens with one attached hydrogen (secondary N) is 1. The van der Waals surface area contributed by atoms with Crippen molar-refractivity contribution >= 4 is 48.9 Å². The zero-order chi connectivity index (χ0) is 22.4. The van der Waals surface area contributed by atoms with E-state index in [1.807, 2.05) is 18.5 Å². The molecule has 1 saturated heterocycles. The van der Waals surface area contributed by atoms with E-state index in [-0.39, 0.29) is 5.56 Å². The molecular weight excluding hydrogens is 440 g/mol. The molecule has 0 atom stereocenters. The smallest absolute Gasteiger partial charge is 0.268 e. The molecule has 1 aliphatic rings. The SMILES string of the molecule is Cc1sc2nc(CN3CCC(C)CC3)nc(N(C)Cc3nc4ccsc4c(=O)[nH]3)c2c1C. The van der Waals surface area contributed by atoms with Crippen LogP contribution in [-0.2, 0) is 13.1 Å². The summed E-state index contributed by atoms with van der Waals surface area (Å²) in [6.45, 7) is 10.1. The molecule has 0 aliphatic carbocycles. The van der Waals surface area contributed by atoms with E-state index in [0.717, 1.165) is 52.9 Å². The first-order chi connectivity index (χ1) is 15.4. The van der Waals surface area contributed by atoms with Gasteiger partial charge >= 0.3 is 0 Å². The molecule has 0 aromatic carbocycles. The van der Waals surface area contributed by atoms with Gasteiger partial charge in [0.25, 0.3) is 5.56 Å². The van der Waals surface area contributed by atoms with Gasteiger partial charge in [0.15, 0.2) is 0 Å². The van der Waals surface area contributed by atoms with E-state index in [2.05, 4.69) is 40.5 Å². The number of nitrogens with zero attached hydrogens (tertiary/aromatic N) is 5. The van der Waals surface area contributed by atoms with Gasteiger partial charge in [-0.2, -0.15) is 0 Å². The van der Waals surface area contributed by atoms with E-state index >= 15 is 0 Å². The van der Waals surface area contributed by atoms with Gasteiger partial charge < -0.3 is 9.88 Å². The Kier molecular flexibility index (Phi) is 5.73. The number of hydrogen-bond acceptors (Lipinski definition) is 8. The molecule has 0 radical (unpaired) electrons. The largest absolute Gasteiger partial charge is 0.352 e. The molecule has 1 fully saturated rings. The highest BCUT2D eigenvalue weighted by Crippen LogP contribution is 2.35. The molecule has 0 spiro atoms. The van der Waals surface area contributed by atoms with Crippen LogP contribution >= 0.6 is 22.7 Å². The van der Waals surface area contributed by atoms with E-state index < -0.39 is 0 Å². The van der Waals surface area contributed by atoms with Crippen molar-refractivity contribution in [2.24, 2.45) is 5.92 Å². The topological polar surface area (TPSA) is 78.0 Å². The van der Waals surface area contributed by atoms with Crippen LogP contribution in [0.3, 0.4) is 0 Å². The standard InChI is InChI=1S/C23H28N6OS2/c1-13-5-8-29(9-6-13)12-18-25-21(19-14(2)15(3)32-23(19)27-18)28(4)11-17-24-16-7-10-31-20(16)22(30)26-17/h7,10,13H,5-6,8-9,11-12H2,1-4H3,(H,24,26,30). The maximum atomic E-state index is 12.4. The monoisotopic (exact) mass is 468 g/mol. The van der Waals surface area contributed by atoms with Crippen molar-refractivity contribution < 1.29 is 0 Å². The van der Waals surface area contributed by atoms with Gasteiger partial charge in [-0.05, 0) is 62.7 Å². The number of aromatic amines is 1. The molecule has 32 heavy (non-hydrogen) atoms. The summed E-state index contributed by atoms with van der Waals surface area (Å²) in [5, 5.41) is 3.00. The number of likely N-dealkylation sites (tertiary alicyclic amines) is 1. The number of rotatable bonds is 5. The van der Waals surface area contributed by atoms with Crippen LogP contribution < -0.4 is 10.5 Å². The fourth-order valence-corrected chi connectivity index (χ4v) is 6.10. The van der Waals surface area contributed by atoms with Crippen molar-refractivity contribution in [3.05, 3.63) is 43.9 Å². The predicted octanol–water partition coefficient (Wildman–Crippen LogP) is 4.47. The van der Waals surface area contributed by atoms with Gasteiger partial charge in [0.05, 0.1) is 24.0 Å². The molecule has 5 heterocycles. The predicted molar refractivity (Wildman–Crippen MR) is 133 cm³/mol. The average molecular weight is 469 g/mol. The Morgan fingerprint density at radius 1 is 1.22 bits per heavy atom. The number of anilines is 1. The second-order valence-corrected chi connectivity index (χ2v) is 11.0. The van der Waals surface area contributed by atoms with Crippen molar-refractivity contribution in [3.8, 4) is 0 Å².